The lowest BCUT2D eigenvalue weighted by Gasteiger charge is -2.14. The number of para-hydroxylation sites is 1. The van der Waals surface area contributed by atoms with E-state index in [1.54, 1.807) is 23.5 Å². The van der Waals surface area contributed by atoms with Crippen LogP contribution in [0.25, 0.3) is 10.2 Å². The van der Waals surface area contributed by atoms with Crippen LogP contribution in [0.3, 0.4) is 0 Å². The minimum absolute atomic E-state index is 0.275. The Morgan fingerprint density at radius 1 is 1.08 bits per heavy atom. The highest BCUT2D eigenvalue weighted by Crippen LogP contribution is 2.41. The molecule has 0 bridgehead atoms. The second kappa shape index (κ2) is 7.25. The standard InChI is InChI=1S/C19H22N2O3S2/c1-10(2)15-12(5)25-17(16(15)11(3)4)20-18(22)24-21-13-8-6-7-9-14(13)26-19(21)23/h6-11H,1-5H3,(H,20,22). The third-order valence-electron chi connectivity index (χ3n) is 4.16. The maximum atomic E-state index is 12.5. The minimum Gasteiger partial charge on any atom is -0.312 e. The van der Waals surface area contributed by atoms with Gasteiger partial charge in [0.1, 0.15) is 10.5 Å². The first-order valence-corrected chi connectivity index (χ1v) is 10.2. The first-order chi connectivity index (χ1) is 12.3. The van der Waals surface area contributed by atoms with E-state index in [4.69, 9.17) is 4.84 Å². The number of aryl methyl sites for hydroxylation is 1. The van der Waals surface area contributed by atoms with Crippen LogP contribution in [0.5, 0.6) is 0 Å². The first-order valence-electron chi connectivity index (χ1n) is 8.52. The number of carbonyl (C=O) groups excluding carboxylic acids is 1. The van der Waals surface area contributed by atoms with E-state index in [0.29, 0.717) is 11.4 Å². The monoisotopic (exact) mass is 390 g/mol. The van der Waals surface area contributed by atoms with Gasteiger partial charge in [0.05, 0.1) is 4.70 Å². The Morgan fingerprint density at radius 3 is 2.38 bits per heavy atom. The lowest BCUT2D eigenvalue weighted by Crippen LogP contribution is -2.30. The van der Waals surface area contributed by atoms with Crippen LogP contribution in [-0.4, -0.2) is 10.8 Å². The molecule has 0 radical (unpaired) electrons. The van der Waals surface area contributed by atoms with Gasteiger partial charge in [0.25, 0.3) is 0 Å². The third kappa shape index (κ3) is 3.41. The number of anilines is 1. The van der Waals surface area contributed by atoms with E-state index in [-0.39, 0.29) is 10.8 Å². The highest BCUT2D eigenvalue weighted by molar-refractivity contribution is 7.16. The average molecular weight is 391 g/mol. The fourth-order valence-corrected chi connectivity index (χ4v) is 5.35. The number of nitrogens with one attached hydrogen (secondary N) is 1. The van der Waals surface area contributed by atoms with Crippen molar-refractivity contribution in [2.45, 2.75) is 46.5 Å². The van der Waals surface area contributed by atoms with Crippen molar-refractivity contribution >= 4 is 44.0 Å². The maximum Gasteiger partial charge on any atom is 0.437 e. The molecule has 0 unspecified atom stereocenters. The summed E-state index contributed by atoms with van der Waals surface area (Å²) in [5, 5.41) is 3.63. The number of hydrogen-bond acceptors (Lipinski definition) is 5. The summed E-state index contributed by atoms with van der Waals surface area (Å²) in [6, 6.07) is 7.24. The van der Waals surface area contributed by atoms with E-state index in [9.17, 15) is 9.59 Å². The lowest BCUT2D eigenvalue weighted by molar-refractivity contribution is 0.151. The molecule has 1 aromatic carbocycles. The van der Waals surface area contributed by atoms with E-state index >= 15 is 0 Å². The van der Waals surface area contributed by atoms with Gasteiger partial charge in [-0.05, 0) is 42.0 Å². The van der Waals surface area contributed by atoms with E-state index in [0.717, 1.165) is 31.3 Å². The topological polar surface area (TPSA) is 60.3 Å². The molecule has 2 heterocycles. The summed E-state index contributed by atoms with van der Waals surface area (Å²) in [7, 11) is 0. The van der Waals surface area contributed by atoms with Crippen molar-refractivity contribution in [3.8, 4) is 0 Å². The molecule has 0 fully saturated rings. The number of rotatable bonds is 4. The van der Waals surface area contributed by atoms with Crippen molar-refractivity contribution in [1.82, 2.24) is 4.73 Å². The largest absolute Gasteiger partial charge is 0.437 e. The predicted octanol–water partition coefficient (Wildman–Crippen LogP) is 5.34. The molecular weight excluding hydrogens is 368 g/mol. The summed E-state index contributed by atoms with van der Waals surface area (Å²) in [4.78, 5) is 30.8. The van der Waals surface area contributed by atoms with Crippen molar-refractivity contribution in [3.63, 3.8) is 0 Å². The first kappa shape index (κ1) is 18.7. The van der Waals surface area contributed by atoms with Gasteiger partial charge in [0.15, 0.2) is 0 Å². The van der Waals surface area contributed by atoms with Crippen molar-refractivity contribution in [2.24, 2.45) is 0 Å². The Hall–Kier alpha value is -2.12. The Kier molecular flexibility index (Phi) is 5.20. The normalized spacial score (nSPS) is 11.5. The molecule has 0 aliphatic carbocycles. The molecule has 0 aliphatic rings. The number of amides is 1. The molecule has 5 nitrogen and oxygen atoms in total. The molecule has 3 aromatic rings. The number of nitrogens with zero attached hydrogens (tertiary/aromatic N) is 1. The summed E-state index contributed by atoms with van der Waals surface area (Å²) in [5.74, 6) is 0.649. The zero-order chi connectivity index (χ0) is 19.0. The number of benzene rings is 1. The highest BCUT2D eigenvalue weighted by atomic mass is 32.1. The molecule has 3 rings (SSSR count). The van der Waals surface area contributed by atoms with Gasteiger partial charge in [-0.25, -0.2) is 4.79 Å². The average Bonchev–Trinajstić information content (AvgIpc) is 3.04. The van der Waals surface area contributed by atoms with Crippen molar-refractivity contribution in [3.05, 3.63) is 49.9 Å². The number of carbonyl (C=O) groups is 1. The molecule has 26 heavy (non-hydrogen) atoms. The van der Waals surface area contributed by atoms with Crippen LogP contribution in [0.2, 0.25) is 0 Å². The highest BCUT2D eigenvalue weighted by Gasteiger charge is 2.23. The van der Waals surface area contributed by atoms with Crippen LogP contribution >= 0.6 is 22.7 Å². The second-order valence-electron chi connectivity index (χ2n) is 6.76. The summed E-state index contributed by atoms with van der Waals surface area (Å²) in [6.45, 7) is 10.6. The van der Waals surface area contributed by atoms with Crippen molar-refractivity contribution in [1.29, 1.82) is 0 Å². The maximum absolute atomic E-state index is 12.5. The summed E-state index contributed by atoms with van der Waals surface area (Å²) in [5.41, 5.74) is 3.01. The molecule has 0 saturated carbocycles. The van der Waals surface area contributed by atoms with Gasteiger partial charge in [-0.1, -0.05) is 51.2 Å². The number of thiazole rings is 1. The smallest absolute Gasteiger partial charge is 0.312 e. The molecule has 0 saturated heterocycles. The van der Waals surface area contributed by atoms with Crippen LogP contribution in [0.1, 0.15) is 55.5 Å². The molecule has 7 heteroatoms. The van der Waals surface area contributed by atoms with Gasteiger partial charge >= 0.3 is 11.0 Å². The Balaban J connectivity index is 1.90. The third-order valence-corrected chi connectivity index (χ3v) is 6.12. The molecule has 1 N–H and O–H groups in total. The Morgan fingerprint density at radius 2 is 1.73 bits per heavy atom. The number of aromatic nitrogens is 1. The predicted molar refractivity (Wildman–Crippen MR) is 109 cm³/mol. The summed E-state index contributed by atoms with van der Waals surface area (Å²) < 4.78 is 1.83. The van der Waals surface area contributed by atoms with Gasteiger partial charge in [-0.3, -0.25) is 10.1 Å². The van der Waals surface area contributed by atoms with Crippen LogP contribution in [0.4, 0.5) is 9.80 Å². The molecular formula is C19H22N2O3S2. The van der Waals surface area contributed by atoms with Gasteiger partial charge < -0.3 is 4.84 Å². The molecule has 138 valence electrons. The van der Waals surface area contributed by atoms with Crippen molar-refractivity contribution in [2.75, 3.05) is 5.32 Å². The van der Waals surface area contributed by atoms with Crippen LogP contribution in [-0.2, 0) is 0 Å². The molecule has 1 amide bonds. The number of thiophene rings is 1. The quantitative estimate of drug-likeness (QED) is 0.654. The fourth-order valence-electron chi connectivity index (χ4n) is 3.19. The van der Waals surface area contributed by atoms with Gasteiger partial charge in [0, 0.05) is 4.88 Å². The fraction of sp³-hybridized carbons (Fsp3) is 0.368. The van der Waals surface area contributed by atoms with Gasteiger partial charge in [0.2, 0.25) is 0 Å². The molecule has 0 spiro atoms. The Labute approximate surface area is 160 Å². The number of hydrogen-bond donors (Lipinski definition) is 1. The van der Waals surface area contributed by atoms with E-state index < -0.39 is 6.09 Å². The summed E-state index contributed by atoms with van der Waals surface area (Å²) >= 11 is 2.60. The molecule has 2 aromatic heterocycles. The van der Waals surface area contributed by atoms with Crippen LogP contribution in [0, 0.1) is 6.92 Å². The lowest BCUT2D eigenvalue weighted by atomic mass is 9.92. The van der Waals surface area contributed by atoms with E-state index in [1.807, 2.05) is 12.1 Å². The second-order valence-corrected chi connectivity index (χ2v) is 8.98. The molecule has 0 aliphatic heterocycles. The van der Waals surface area contributed by atoms with Gasteiger partial charge in [-0.15, -0.1) is 16.1 Å². The summed E-state index contributed by atoms with van der Waals surface area (Å²) in [6.07, 6.45) is -0.658. The van der Waals surface area contributed by atoms with Gasteiger partial charge in [-0.2, -0.15) is 0 Å². The zero-order valence-electron chi connectivity index (χ0n) is 15.5. The van der Waals surface area contributed by atoms with Crippen LogP contribution < -0.4 is 15.0 Å². The van der Waals surface area contributed by atoms with Crippen molar-refractivity contribution < 1.29 is 9.63 Å². The molecule has 0 atom stereocenters. The SMILES string of the molecule is Cc1sc(NC(=O)On2c(=O)sc3ccccc32)c(C(C)C)c1C(C)C. The minimum atomic E-state index is -0.658. The Bertz CT molecular complexity index is 1010. The zero-order valence-corrected chi connectivity index (χ0v) is 17.1. The van der Waals surface area contributed by atoms with Crippen LogP contribution in [0.15, 0.2) is 29.1 Å². The number of fused-ring (bicyclic) bond motifs is 1. The van der Waals surface area contributed by atoms with E-state index in [2.05, 4.69) is 39.9 Å². The van der Waals surface area contributed by atoms with E-state index in [1.165, 1.54) is 10.4 Å².